The molecule has 0 saturated heterocycles. The van der Waals surface area contributed by atoms with Gasteiger partial charge in [-0.05, 0) is 30.7 Å². The van der Waals surface area contributed by atoms with Crippen molar-refractivity contribution < 1.29 is 4.74 Å². The summed E-state index contributed by atoms with van der Waals surface area (Å²) in [6, 6.07) is 10.8. The lowest BCUT2D eigenvalue weighted by Gasteiger charge is -2.08. The standard InChI is InChI=1S/C14H16N2O2/c1-2-18-13-6-3-11(4-7-13)9-16-10-12(15)5-8-14(16)17/h3-8,10H,2,9,15H2,1H3. The highest BCUT2D eigenvalue weighted by Crippen LogP contribution is 2.12. The van der Waals surface area contributed by atoms with Gasteiger partial charge < -0.3 is 15.0 Å². The van der Waals surface area contributed by atoms with Gasteiger partial charge in [-0.15, -0.1) is 0 Å². The van der Waals surface area contributed by atoms with Crippen LogP contribution in [-0.4, -0.2) is 11.2 Å². The lowest BCUT2D eigenvalue weighted by molar-refractivity contribution is 0.340. The number of hydrogen-bond donors (Lipinski definition) is 1. The van der Waals surface area contributed by atoms with Gasteiger partial charge in [-0.3, -0.25) is 4.79 Å². The minimum absolute atomic E-state index is 0.0573. The number of ether oxygens (including phenoxy) is 1. The zero-order valence-electron chi connectivity index (χ0n) is 10.3. The van der Waals surface area contributed by atoms with Crippen molar-refractivity contribution in [2.75, 3.05) is 12.3 Å². The molecule has 0 saturated carbocycles. The summed E-state index contributed by atoms with van der Waals surface area (Å²) < 4.78 is 6.95. The Balaban J connectivity index is 2.18. The Morgan fingerprint density at radius 3 is 2.56 bits per heavy atom. The van der Waals surface area contributed by atoms with Gasteiger partial charge in [0.1, 0.15) is 5.75 Å². The SMILES string of the molecule is CCOc1ccc(Cn2cc(N)ccc2=O)cc1. The smallest absolute Gasteiger partial charge is 0.250 e. The molecule has 2 N–H and O–H groups in total. The first-order chi connectivity index (χ1) is 8.69. The molecule has 0 spiro atoms. The predicted octanol–water partition coefficient (Wildman–Crippen LogP) is 1.88. The van der Waals surface area contributed by atoms with Crippen LogP contribution >= 0.6 is 0 Å². The van der Waals surface area contributed by atoms with Gasteiger partial charge in [0.15, 0.2) is 0 Å². The zero-order valence-corrected chi connectivity index (χ0v) is 10.3. The van der Waals surface area contributed by atoms with E-state index in [9.17, 15) is 4.79 Å². The van der Waals surface area contributed by atoms with Crippen LogP contribution in [0.3, 0.4) is 0 Å². The van der Waals surface area contributed by atoms with Crippen molar-refractivity contribution in [2.45, 2.75) is 13.5 Å². The van der Waals surface area contributed by atoms with Crippen LogP contribution in [0.5, 0.6) is 5.75 Å². The topological polar surface area (TPSA) is 57.2 Å². The fourth-order valence-corrected chi connectivity index (χ4v) is 1.73. The quantitative estimate of drug-likeness (QED) is 0.893. The van der Waals surface area contributed by atoms with Crippen molar-refractivity contribution in [1.29, 1.82) is 0 Å². The molecule has 4 heteroatoms. The van der Waals surface area contributed by atoms with Gasteiger partial charge in [0.2, 0.25) is 0 Å². The van der Waals surface area contributed by atoms with Crippen LogP contribution in [0.2, 0.25) is 0 Å². The Kier molecular flexibility index (Phi) is 3.67. The molecule has 4 nitrogen and oxygen atoms in total. The normalized spacial score (nSPS) is 10.3. The average molecular weight is 244 g/mol. The number of rotatable bonds is 4. The van der Waals surface area contributed by atoms with E-state index in [0.29, 0.717) is 18.8 Å². The van der Waals surface area contributed by atoms with Crippen molar-refractivity contribution >= 4 is 5.69 Å². The average Bonchev–Trinajstić information content (AvgIpc) is 2.37. The number of hydrogen-bond acceptors (Lipinski definition) is 3. The molecule has 1 heterocycles. The molecule has 0 amide bonds. The molecule has 0 fully saturated rings. The van der Waals surface area contributed by atoms with Crippen LogP contribution in [0.15, 0.2) is 47.4 Å². The first-order valence-electron chi connectivity index (χ1n) is 5.87. The molecule has 0 radical (unpaired) electrons. The van der Waals surface area contributed by atoms with Crippen molar-refractivity contribution in [3.63, 3.8) is 0 Å². The van der Waals surface area contributed by atoms with Crippen molar-refractivity contribution in [1.82, 2.24) is 4.57 Å². The van der Waals surface area contributed by atoms with Gasteiger partial charge in [-0.1, -0.05) is 12.1 Å². The maximum absolute atomic E-state index is 11.6. The Labute approximate surface area is 106 Å². The summed E-state index contributed by atoms with van der Waals surface area (Å²) in [5.74, 6) is 0.834. The van der Waals surface area contributed by atoms with Crippen LogP contribution in [0.4, 0.5) is 5.69 Å². The van der Waals surface area contributed by atoms with Gasteiger partial charge in [0.05, 0.1) is 13.2 Å². The number of benzene rings is 1. The van der Waals surface area contributed by atoms with Crippen LogP contribution in [0.1, 0.15) is 12.5 Å². The van der Waals surface area contributed by atoms with E-state index in [1.807, 2.05) is 31.2 Å². The van der Waals surface area contributed by atoms with Gasteiger partial charge in [0, 0.05) is 18.0 Å². The van der Waals surface area contributed by atoms with Crippen molar-refractivity contribution in [2.24, 2.45) is 0 Å². The molecule has 0 aliphatic rings. The van der Waals surface area contributed by atoms with E-state index in [4.69, 9.17) is 10.5 Å². The molecular formula is C14H16N2O2. The molecule has 0 atom stereocenters. The Bertz CT molecular complexity index is 573. The highest BCUT2D eigenvalue weighted by atomic mass is 16.5. The summed E-state index contributed by atoms with van der Waals surface area (Å²) in [7, 11) is 0. The molecule has 2 aromatic rings. The molecular weight excluding hydrogens is 228 g/mol. The Hall–Kier alpha value is -2.23. The zero-order chi connectivity index (χ0) is 13.0. The van der Waals surface area contributed by atoms with Crippen LogP contribution < -0.4 is 16.0 Å². The summed E-state index contributed by atoms with van der Waals surface area (Å²) in [5, 5.41) is 0. The number of nitrogens with two attached hydrogens (primary N) is 1. The monoisotopic (exact) mass is 244 g/mol. The fourth-order valence-electron chi connectivity index (χ4n) is 1.73. The number of nitrogen functional groups attached to an aromatic ring is 1. The van der Waals surface area contributed by atoms with Gasteiger partial charge in [0.25, 0.3) is 5.56 Å². The van der Waals surface area contributed by atoms with Crippen LogP contribution in [0.25, 0.3) is 0 Å². The molecule has 18 heavy (non-hydrogen) atoms. The van der Waals surface area contributed by atoms with Crippen molar-refractivity contribution in [3.8, 4) is 5.75 Å². The molecule has 94 valence electrons. The number of aromatic nitrogens is 1. The summed E-state index contributed by atoms with van der Waals surface area (Å²) >= 11 is 0. The first-order valence-corrected chi connectivity index (χ1v) is 5.87. The van der Waals surface area contributed by atoms with Gasteiger partial charge in [-0.2, -0.15) is 0 Å². The number of anilines is 1. The molecule has 2 rings (SSSR count). The molecule has 0 bridgehead atoms. The first kappa shape index (κ1) is 12.2. The molecule has 0 aliphatic heterocycles. The largest absolute Gasteiger partial charge is 0.494 e. The maximum atomic E-state index is 11.6. The second-order valence-corrected chi connectivity index (χ2v) is 4.01. The third-order valence-electron chi connectivity index (χ3n) is 2.59. The number of nitrogens with zero attached hydrogens (tertiary/aromatic N) is 1. The Morgan fingerprint density at radius 1 is 1.17 bits per heavy atom. The van der Waals surface area contributed by atoms with E-state index in [-0.39, 0.29) is 5.56 Å². The third-order valence-corrected chi connectivity index (χ3v) is 2.59. The summed E-state index contributed by atoms with van der Waals surface area (Å²) in [6.07, 6.45) is 1.65. The molecule has 1 aromatic carbocycles. The van der Waals surface area contributed by atoms with Crippen LogP contribution in [0, 0.1) is 0 Å². The molecule has 1 aromatic heterocycles. The minimum Gasteiger partial charge on any atom is -0.494 e. The van der Waals surface area contributed by atoms with Gasteiger partial charge >= 0.3 is 0 Å². The molecule has 0 unspecified atom stereocenters. The predicted molar refractivity (Wildman–Crippen MR) is 71.8 cm³/mol. The maximum Gasteiger partial charge on any atom is 0.250 e. The highest BCUT2D eigenvalue weighted by molar-refractivity contribution is 5.34. The fraction of sp³-hybridized carbons (Fsp3) is 0.214. The second kappa shape index (κ2) is 5.40. The second-order valence-electron chi connectivity index (χ2n) is 4.01. The van der Waals surface area contributed by atoms with E-state index in [0.717, 1.165) is 11.3 Å². The van der Waals surface area contributed by atoms with Crippen molar-refractivity contribution in [3.05, 3.63) is 58.5 Å². The minimum atomic E-state index is -0.0573. The summed E-state index contributed by atoms with van der Waals surface area (Å²) in [6.45, 7) is 3.10. The van der Waals surface area contributed by atoms with Crippen LogP contribution in [-0.2, 0) is 6.54 Å². The van der Waals surface area contributed by atoms with E-state index < -0.39 is 0 Å². The van der Waals surface area contributed by atoms with E-state index in [1.165, 1.54) is 6.07 Å². The third kappa shape index (κ3) is 2.91. The highest BCUT2D eigenvalue weighted by Gasteiger charge is 1.99. The van der Waals surface area contributed by atoms with Gasteiger partial charge in [-0.25, -0.2) is 0 Å². The van der Waals surface area contributed by atoms with E-state index >= 15 is 0 Å². The molecule has 0 aliphatic carbocycles. The summed E-state index contributed by atoms with van der Waals surface area (Å²) in [5.41, 5.74) is 7.23. The van der Waals surface area contributed by atoms with E-state index in [2.05, 4.69) is 0 Å². The lowest BCUT2D eigenvalue weighted by atomic mass is 10.2. The van der Waals surface area contributed by atoms with E-state index in [1.54, 1.807) is 16.8 Å². The Morgan fingerprint density at radius 2 is 1.89 bits per heavy atom. The summed E-state index contributed by atoms with van der Waals surface area (Å²) in [4.78, 5) is 11.6. The number of pyridine rings is 1. The lowest BCUT2D eigenvalue weighted by Crippen LogP contribution is -2.19.